The Balaban J connectivity index is 1.73. The van der Waals surface area contributed by atoms with Gasteiger partial charge in [0.05, 0.1) is 13.2 Å². The SMILES string of the molecule is C=CC(=O)OCCCCc1ccc(N(c2cccc(CCCCOC(=O)C=C)c2)c2ccc(C)c(C)c2)cc1. The van der Waals surface area contributed by atoms with Crippen molar-refractivity contribution in [2.75, 3.05) is 18.1 Å². The Morgan fingerprint density at radius 1 is 0.667 bits per heavy atom. The Morgan fingerprint density at radius 3 is 1.82 bits per heavy atom. The van der Waals surface area contributed by atoms with E-state index in [4.69, 9.17) is 9.47 Å². The molecule has 5 heteroatoms. The highest BCUT2D eigenvalue weighted by Crippen LogP contribution is 2.36. The first kappa shape index (κ1) is 29.4. The number of ether oxygens (including phenoxy) is 2. The highest BCUT2D eigenvalue weighted by Gasteiger charge is 2.14. The molecule has 0 aliphatic rings. The van der Waals surface area contributed by atoms with Crippen molar-refractivity contribution in [3.05, 3.63) is 114 Å². The minimum Gasteiger partial charge on any atom is -0.463 e. The Hall–Kier alpha value is -4.12. The predicted molar refractivity (Wildman–Crippen MR) is 159 cm³/mol. The smallest absolute Gasteiger partial charge is 0.330 e. The van der Waals surface area contributed by atoms with E-state index in [0.717, 1.165) is 55.6 Å². The summed E-state index contributed by atoms with van der Waals surface area (Å²) in [5.74, 6) is -0.745. The first-order valence-corrected chi connectivity index (χ1v) is 13.5. The van der Waals surface area contributed by atoms with E-state index in [9.17, 15) is 9.59 Å². The van der Waals surface area contributed by atoms with Crippen LogP contribution in [0.4, 0.5) is 17.1 Å². The van der Waals surface area contributed by atoms with Crippen molar-refractivity contribution in [1.82, 2.24) is 0 Å². The Bertz CT molecular complexity index is 1260. The van der Waals surface area contributed by atoms with Gasteiger partial charge in [0.25, 0.3) is 0 Å². The summed E-state index contributed by atoms with van der Waals surface area (Å²) in [5, 5.41) is 0. The lowest BCUT2D eigenvalue weighted by molar-refractivity contribution is -0.138. The molecule has 5 nitrogen and oxygen atoms in total. The zero-order valence-electron chi connectivity index (χ0n) is 23.2. The summed E-state index contributed by atoms with van der Waals surface area (Å²) in [6, 6.07) is 23.9. The molecule has 0 saturated carbocycles. The third kappa shape index (κ3) is 9.29. The third-order valence-electron chi connectivity index (χ3n) is 6.65. The predicted octanol–water partition coefficient (Wildman–Crippen LogP) is 7.88. The van der Waals surface area contributed by atoms with Crippen LogP contribution in [0.5, 0.6) is 0 Å². The average molecular weight is 526 g/mol. The van der Waals surface area contributed by atoms with Crippen LogP contribution in [0.2, 0.25) is 0 Å². The standard InChI is InChI=1S/C34H39NO4/c1-5-33(36)38-22-9-7-12-28-17-20-30(21-18-28)35(32-19-16-26(3)27(4)24-32)31-15-11-14-29(25-31)13-8-10-23-39-34(37)6-2/h5-6,11,14-21,24-25H,1-2,7-10,12-13,22-23H2,3-4H3. The maximum atomic E-state index is 11.2. The molecule has 0 fully saturated rings. The van der Waals surface area contributed by atoms with Crippen LogP contribution in [0.1, 0.15) is 47.9 Å². The van der Waals surface area contributed by atoms with Crippen LogP contribution in [-0.4, -0.2) is 25.2 Å². The number of carbonyl (C=O) groups is 2. The van der Waals surface area contributed by atoms with Crippen LogP contribution in [0.15, 0.2) is 92.0 Å². The average Bonchev–Trinajstić information content (AvgIpc) is 2.95. The van der Waals surface area contributed by atoms with Gasteiger partial charge in [0.2, 0.25) is 0 Å². The van der Waals surface area contributed by atoms with Gasteiger partial charge < -0.3 is 14.4 Å². The van der Waals surface area contributed by atoms with Crippen molar-refractivity contribution in [3.8, 4) is 0 Å². The largest absolute Gasteiger partial charge is 0.463 e. The molecule has 0 unspecified atom stereocenters. The van der Waals surface area contributed by atoms with E-state index in [1.807, 2.05) is 0 Å². The molecule has 3 rings (SSSR count). The van der Waals surface area contributed by atoms with Crippen LogP contribution in [0.25, 0.3) is 0 Å². The molecule has 0 heterocycles. The van der Waals surface area contributed by atoms with E-state index in [-0.39, 0.29) is 11.9 Å². The van der Waals surface area contributed by atoms with E-state index < -0.39 is 0 Å². The van der Waals surface area contributed by atoms with Crippen LogP contribution in [0.3, 0.4) is 0 Å². The van der Waals surface area contributed by atoms with Gasteiger partial charge in [0.1, 0.15) is 0 Å². The van der Waals surface area contributed by atoms with Crippen molar-refractivity contribution < 1.29 is 19.1 Å². The van der Waals surface area contributed by atoms with Crippen molar-refractivity contribution in [2.45, 2.75) is 52.4 Å². The summed E-state index contributed by atoms with van der Waals surface area (Å²) < 4.78 is 10.2. The maximum Gasteiger partial charge on any atom is 0.330 e. The number of esters is 2. The third-order valence-corrected chi connectivity index (χ3v) is 6.65. The molecular weight excluding hydrogens is 486 g/mol. The Labute approximate surface area is 232 Å². The number of carbonyl (C=O) groups excluding carboxylic acids is 2. The second kappa shape index (κ2) is 15.3. The van der Waals surface area contributed by atoms with Gasteiger partial charge in [-0.2, -0.15) is 0 Å². The van der Waals surface area contributed by atoms with E-state index in [0.29, 0.717) is 13.2 Å². The fourth-order valence-electron chi connectivity index (χ4n) is 4.30. The van der Waals surface area contributed by atoms with Crippen LogP contribution >= 0.6 is 0 Å². The van der Waals surface area contributed by atoms with Crippen molar-refractivity contribution in [3.63, 3.8) is 0 Å². The summed E-state index contributed by atoms with van der Waals surface area (Å²) in [4.78, 5) is 24.7. The monoisotopic (exact) mass is 525 g/mol. The van der Waals surface area contributed by atoms with Gasteiger partial charge >= 0.3 is 11.9 Å². The number of aryl methyl sites for hydroxylation is 4. The van der Waals surface area contributed by atoms with E-state index >= 15 is 0 Å². The van der Waals surface area contributed by atoms with Crippen molar-refractivity contribution >= 4 is 29.0 Å². The normalized spacial score (nSPS) is 10.5. The van der Waals surface area contributed by atoms with Gasteiger partial charge in [-0.05, 0) is 111 Å². The fourth-order valence-corrected chi connectivity index (χ4v) is 4.30. The molecule has 0 aromatic heterocycles. The van der Waals surface area contributed by atoms with Crippen molar-refractivity contribution in [2.24, 2.45) is 0 Å². The van der Waals surface area contributed by atoms with E-state index in [2.05, 4.69) is 98.6 Å². The van der Waals surface area contributed by atoms with Crippen LogP contribution < -0.4 is 4.90 Å². The molecule has 0 atom stereocenters. The number of anilines is 3. The number of nitrogens with zero attached hydrogens (tertiary/aromatic N) is 1. The number of benzene rings is 3. The molecule has 0 aliphatic carbocycles. The number of unbranched alkanes of at least 4 members (excludes halogenated alkanes) is 2. The van der Waals surface area contributed by atoms with Gasteiger partial charge in [-0.25, -0.2) is 9.59 Å². The van der Waals surface area contributed by atoms with Crippen molar-refractivity contribution in [1.29, 1.82) is 0 Å². The van der Waals surface area contributed by atoms with Gasteiger partial charge in [0.15, 0.2) is 0 Å². The molecule has 0 amide bonds. The molecule has 0 radical (unpaired) electrons. The maximum absolute atomic E-state index is 11.2. The molecule has 204 valence electrons. The molecule has 0 saturated heterocycles. The zero-order valence-corrected chi connectivity index (χ0v) is 23.2. The first-order valence-electron chi connectivity index (χ1n) is 13.5. The molecule has 0 N–H and O–H groups in total. The molecule has 3 aromatic carbocycles. The summed E-state index contributed by atoms with van der Waals surface area (Å²) >= 11 is 0. The first-order chi connectivity index (χ1) is 18.9. The van der Waals surface area contributed by atoms with Gasteiger partial charge in [-0.3, -0.25) is 0 Å². The molecule has 0 bridgehead atoms. The quantitative estimate of drug-likeness (QED) is 0.115. The molecule has 0 spiro atoms. The second-order valence-electron chi connectivity index (χ2n) is 9.60. The van der Waals surface area contributed by atoms with E-state index in [1.165, 1.54) is 34.4 Å². The molecule has 3 aromatic rings. The van der Waals surface area contributed by atoms with Crippen LogP contribution in [-0.2, 0) is 31.9 Å². The van der Waals surface area contributed by atoms with Crippen LogP contribution in [0, 0.1) is 13.8 Å². The second-order valence-corrected chi connectivity index (χ2v) is 9.60. The number of hydrogen-bond donors (Lipinski definition) is 0. The number of hydrogen-bond acceptors (Lipinski definition) is 5. The van der Waals surface area contributed by atoms with Gasteiger partial charge in [0, 0.05) is 29.2 Å². The summed E-state index contributed by atoms with van der Waals surface area (Å²) in [7, 11) is 0. The van der Waals surface area contributed by atoms with Gasteiger partial charge in [-0.1, -0.05) is 43.5 Å². The molecular formula is C34H39NO4. The highest BCUT2D eigenvalue weighted by molar-refractivity contribution is 5.81. The Kier molecular flexibility index (Phi) is 11.6. The van der Waals surface area contributed by atoms with E-state index in [1.54, 1.807) is 0 Å². The topological polar surface area (TPSA) is 55.8 Å². The Morgan fingerprint density at radius 2 is 1.23 bits per heavy atom. The highest BCUT2D eigenvalue weighted by atomic mass is 16.5. The lowest BCUT2D eigenvalue weighted by atomic mass is 10.0. The number of rotatable bonds is 15. The van der Waals surface area contributed by atoms with Gasteiger partial charge in [-0.15, -0.1) is 0 Å². The lowest BCUT2D eigenvalue weighted by Crippen LogP contribution is -2.11. The molecule has 39 heavy (non-hydrogen) atoms. The summed E-state index contributed by atoms with van der Waals surface area (Å²) in [6.45, 7) is 11.9. The zero-order chi connectivity index (χ0) is 28.0. The molecule has 0 aliphatic heterocycles. The minimum absolute atomic E-state index is 0.371. The fraction of sp³-hybridized carbons (Fsp3) is 0.294. The summed E-state index contributed by atoms with van der Waals surface area (Å²) in [5.41, 5.74) is 8.31. The lowest BCUT2D eigenvalue weighted by Gasteiger charge is -2.27. The minimum atomic E-state index is -0.374. The summed E-state index contributed by atoms with van der Waals surface area (Å²) in [6.07, 6.45) is 7.72.